The molecule has 0 unspecified atom stereocenters. The third-order valence-electron chi connectivity index (χ3n) is 9.21. The molecule has 8 nitrogen and oxygen atoms in total. The molecule has 0 aliphatic heterocycles. The minimum absolute atomic E-state index is 0.00917. The molecule has 1 aromatic heterocycles. The van der Waals surface area contributed by atoms with Gasteiger partial charge in [-0.1, -0.05) is 116 Å². The summed E-state index contributed by atoms with van der Waals surface area (Å²) in [6.45, 7) is 8.46. The fourth-order valence-electron chi connectivity index (χ4n) is 6.45. The largest absolute Gasteiger partial charge is 0.493 e. The van der Waals surface area contributed by atoms with E-state index in [1.54, 1.807) is 4.68 Å². The van der Waals surface area contributed by atoms with Gasteiger partial charge in [0, 0.05) is 17.2 Å². The molecule has 0 radical (unpaired) electrons. The molecule has 0 aliphatic rings. The smallest absolute Gasteiger partial charge is 0.224 e. The average molecular weight is 684 g/mol. The molecule has 0 bridgehead atoms. The first-order valence-electron chi connectivity index (χ1n) is 18.1. The molecule has 6 rings (SSSR count). The first-order valence-corrected chi connectivity index (χ1v) is 18.1. The number of carbonyl (C=O) groups excluding carboxylic acids is 1. The monoisotopic (exact) mass is 683 g/mol. The van der Waals surface area contributed by atoms with Gasteiger partial charge in [-0.25, -0.2) is 0 Å². The summed E-state index contributed by atoms with van der Waals surface area (Å²) in [5.41, 5.74) is 10.7. The van der Waals surface area contributed by atoms with Crippen LogP contribution in [0.3, 0.4) is 0 Å². The Balaban J connectivity index is 1.24. The van der Waals surface area contributed by atoms with Gasteiger partial charge >= 0.3 is 0 Å². The van der Waals surface area contributed by atoms with Gasteiger partial charge in [-0.3, -0.25) is 9.48 Å². The van der Waals surface area contributed by atoms with Crippen LogP contribution in [0.2, 0.25) is 0 Å². The van der Waals surface area contributed by atoms with E-state index in [0.717, 1.165) is 75.4 Å². The number of ether oxygens (including phenoxy) is 2. The van der Waals surface area contributed by atoms with Gasteiger partial charge < -0.3 is 20.5 Å². The lowest BCUT2D eigenvalue weighted by molar-refractivity contribution is -0.121. The van der Waals surface area contributed by atoms with Crippen LogP contribution in [0.15, 0.2) is 103 Å². The van der Waals surface area contributed by atoms with Crippen molar-refractivity contribution in [2.24, 2.45) is 11.7 Å². The zero-order valence-electron chi connectivity index (χ0n) is 30.0. The summed E-state index contributed by atoms with van der Waals surface area (Å²) in [6.07, 6.45) is 5.82. The highest BCUT2D eigenvalue weighted by Crippen LogP contribution is 2.45. The van der Waals surface area contributed by atoms with Crippen molar-refractivity contribution in [1.29, 1.82) is 0 Å². The van der Waals surface area contributed by atoms with Crippen LogP contribution in [0.5, 0.6) is 11.5 Å². The predicted octanol–water partition coefficient (Wildman–Crippen LogP) is 8.42. The molecule has 1 atom stereocenters. The topological polar surface area (TPSA) is 104 Å². The van der Waals surface area contributed by atoms with Crippen LogP contribution >= 0.6 is 0 Å². The van der Waals surface area contributed by atoms with Crippen molar-refractivity contribution < 1.29 is 14.3 Å². The van der Waals surface area contributed by atoms with Crippen LogP contribution < -0.4 is 20.5 Å². The maximum absolute atomic E-state index is 13.0. The van der Waals surface area contributed by atoms with Crippen molar-refractivity contribution in [2.45, 2.75) is 72.1 Å². The summed E-state index contributed by atoms with van der Waals surface area (Å²) < 4.78 is 14.9. The summed E-state index contributed by atoms with van der Waals surface area (Å²) in [7, 11) is 0. The summed E-state index contributed by atoms with van der Waals surface area (Å²) in [5.74, 6) is 2.11. The Hall–Kier alpha value is -5.21. The van der Waals surface area contributed by atoms with Crippen LogP contribution in [0.1, 0.15) is 56.4 Å². The minimum atomic E-state index is -0.0995. The summed E-state index contributed by atoms with van der Waals surface area (Å²) in [5, 5.41) is 16.6. The second-order valence-corrected chi connectivity index (χ2v) is 13.8. The molecule has 6 aromatic rings. The van der Waals surface area contributed by atoms with Crippen LogP contribution in [-0.2, 0) is 24.4 Å². The van der Waals surface area contributed by atoms with Crippen molar-refractivity contribution in [3.63, 3.8) is 0 Å². The molecule has 0 spiro atoms. The second-order valence-electron chi connectivity index (χ2n) is 13.8. The molecular formula is C43H49N5O3. The molecular weight excluding hydrogens is 635 g/mol. The Kier molecular flexibility index (Phi) is 12.0. The number of rotatable bonds is 17. The molecule has 3 N–H and O–H groups in total. The number of carbonyl (C=O) groups is 1. The van der Waals surface area contributed by atoms with Crippen LogP contribution in [0.25, 0.3) is 32.7 Å². The number of amides is 1. The SMILES string of the molecule is Cc1ccc(CC(=O)N[C@H](CCCCN)Cn2cc(COc3ccc4ccccc4c3-c3c(OCCC(C)C)ccc4ccccc34)nn2)cc1. The van der Waals surface area contributed by atoms with Crippen molar-refractivity contribution in [2.75, 3.05) is 13.2 Å². The van der Waals surface area contributed by atoms with E-state index < -0.39 is 0 Å². The van der Waals surface area contributed by atoms with E-state index in [2.05, 4.69) is 96.2 Å². The number of aryl methyl sites for hydroxylation is 1. The van der Waals surface area contributed by atoms with Gasteiger partial charge in [0.25, 0.3) is 0 Å². The van der Waals surface area contributed by atoms with Crippen LogP contribution in [0.4, 0.5) is 0 Å². The highest BCUT2D eigenvalue weighted by Gasteiger charge is 2.20. The average Bonchev–Trinajstić information content (AvgIpc) is 3.58. The minimum Gasteiger partial charge on any atom is -0.493 e. The molecule has 5 aromatic carbocycles. The number of hydrogen-bond donors (Lipinski definition) is 2. The molecule has 1 heterocycles. The third-order valence-corrected chi connectivity index (χ3v) is 9.21. The van der Waals surface area contributed by atoms with Crippen LogP contribution in [-0.4, -0.2) is 40.1 Å². The van der Waals surface area contributed by atoms with E-state index >= 15 is 0 Å². The maximum Gasteiger partial charge on any atom is 0.224 e. The van der Waals surface area contributed by atoms with Crippen molar-refractivity contribution in [1.82, 2.24) is 20.3 Å². The number of fused-ring (bicyclic) bond motifs is 2. The van der Waals surface area contributed by atoms with Gasteiger partial charge in [0.1, 0.15) is 23.8 Å². The Labute approximate surface area is 301 Å². The first kappa shape index (κ1) is 35.6. The summed E-state index contributed by atoms with van der Waals surface area (Å²) in [6, 6.07) is 33.1. The fraction of sp³-hybridized carbons (Fsp3) is 0.326. The third kappa shape index (κ3) is 9.32. The Morgan fingerprint density at radius 3 is 2.10 bits per heavy atom. The van der Waals surface area contributed by atoms with E-state index in [-0.39, 0.29) is 18.6 Å². The second kappa shape index (κ2) is 17.1. The Morgan fingerprint density at radius 2 is 1.45 bits per heavy atom. The molecule has 0 saturated carbocycles. The predicted molar refractivity (Wildman–Crippen MR) is 206 cm³/mol. The zero-order valence-corrected chi connectivity index (χ0v) is 30.0. The van der Waals surface area contributed by atoms with Gasteiger partial charge in [0.2, 0.25) is 5.91 Å². The van der Waals surface area contributed by atoms with Crippen LogP contribution in [0, 0.1) is 12.8 Å². The molecule has 264 valence electrons. The molecule has 8 heteroatoms. The molecule has 51 heavy (non-hydrogen) atoms. The van der Waals surface area contributed by atoms with Crippen molar-refractivity contribution >= 4 is 27.5 Å². The molecule has 1 amide bonds. The number of benzene rings is 5. The van der Waals surface area contributed by atoms with Gasteiger partial charge in [-0.05, 0) is 77.9 Å². The molecule has 0 fully saturated rings. The molecule has 0 saturated heterocycles. The van der Waals surface area contributed by atoms with E-state index in [0.29, 0.717) is 37.7 Å². The van der Waals surface area contributed by atoms with E-state index in [1.807, 2.05) is 43.5 Å². The fourth-order valence-corrected chi connectivity index (χ4v) is 6.45. The highest BCUT2D eigenvalue weighted by atomic mass is 16.5. The number of hydrogen-bond acceptors (Lipinski definition) is 6. The number of nitrogens with two attached hydrogens (primary N) is 1. The Bertz CT molecular complexity index is 2050. The number of aromatic nitrogens is 3. The number of unbranched alkanes of at least 4 members (excludes halogenated alkanes) is 1. The molecule has 0 aliphatic carbocycles. The van der Waals surface area contributed by atoms with Crippen molar-refractivity contribution in [3.8, 4) is 22.6 Å². The normalized spacial score (nSPS) is 12.0. The van der Waals surface area contributed by atoms with Gasteiger partial charge in [0.15, 0.2) is 0 Å². The number of nitrogens with zero attached hydrogens (tertiary/aromatic N) is 3. The van der Waals surface area contributed by atoms with E-state index in [1.165, 1.54) is 5.56 Å². The first-order chi connectivity index (χ1) is 24.9. The zero-order chi connectivity index (χ0) is 35.6. The lowest BCUT2D eigenvalue weighted by Gasteiger charge is -2.20. The van der Waals surface area contributed by atoms with Gasteiger partial charge in [0.05, 0.1) is 25.8 Å². The standard InChI is InChI=1S/C43H49N5O3/c1-30(2)23-25-50-39-21-19-33-10-4-6-13-37(33)42(39)43-38-14-7-5-11-34(38)20-22-40(43)51-29-36-28-48(47-46-36)27-35(12-8-9-24-44)45-41(49)26-32-17-15-31(3)16-18-32/h4-7,10-11,13-22,28,30,35H,8-9,12,23-27,29,44H2,1-3H3,(H,45,49)/t35-/m1/s1. The lowest BCUT2D eigenvalue weighted by Crippen LogP contribution is -2.39. The highest BCUT2D eigenvalue weighted by molar-refractivity contribution is 6.09. The van der Waals surface area contributed by atoms with E-state index in [9.17, 15) is 4.79 Å². The summed E-state index contributed by atoms with van der Waals surface area (Å²) >= 11 is 0. The van der Waals surface area contributed by atoms with Gasteiger partial charge in [-0.15, -0.1) is 5.10 Å². The quantitative estimate of drug-likeness (QED) is 0.0936. The van der Waals surface area contributed by atoms with Crippen molar-refractivity contribution in [3.05, 3.63) is 120 Å². The lowest BCUT2D eigenvalue weighted by atomic mass is 9.92. The van der Waals surface area contributed by atoms with E-state index in [4.69, 9.17) is 15.2 Å². The number of nitrogens with one attached hydrogen (secondary N) is 1. The Morgan fingerprint density at radius 1 is 0.804 bits per heavy atom. The maximum atomic E-state index is 13.0. The van der Waals surface area contributed by atoms with Gasteiger partial charge in [-0.2, -0.15) is 0 Å². The summed E-state index contributed by atoms with van der Waals surface area (Å²) in [4.78, 5) is 13.0.